The van der Waals surface area contributed by atoms with Gasteiger partial charge in [0.1, 0.15) is 5.01 Å². The van der Waals surface area contributed by atoms with Crippen LogP contribution in [0.4, 0.5) is 0 Å². The van der Waals surface area contributed by atoms with Crippen molar-refractivity contribution in [1.82, 2.24) is 9.88 Å². The van der Waals surface area contributed by atoms with Crippen molar-refractivity contribution in [2.24, 2.45) is 0 Å². The molecule has 0 saturated heterocycles. The second-order valence-corrected chi connectivity index (χ2v) is 7.22. The second-order valence-electron chi connectivity index (χ2n) is 5.18. The summed E-state index contributed by atoms with van der Waals surface area (Å²) in [4.78, 5) is 28.6. The van der Waals surface area contributed by atoms with Crippen LogP contribution >= 0.6 is 34.5 Å². The van der Waals surface area contributed by atoms with Crippen molar-refractivity contribution in [3.63, 3.8) is 0 Å². The Morgan fingerprint density at radius 3 is 2.68 bits per heavy atom. The summed E-state index contributed by atoms with van der Waals surface area (Å²) < 4.78 is 4.64. The first-order valence-electron chi connectivity index (χ1n) is 7.14. The maximum Gasteiger partial charge on any atom is 0.357 e. The van der Waals surface area contributed by atoms with Gasteiger partial charge in [-0.05, 0) is 12.8 Å². The second kappa shape index (κ2) is 8.13. The molecular weight excluding hydrogens is 347 g/mol. The number of thiazole rings is 1. The smallest absolute Gasteiger partial charge is 0.357 e. The van der Waals surface area contributed by atoms with E-state index in [1.165, 1.54) is 24.9 Å². The third-order valence-electron chi connectivity index (χ3n) is 3.74. The Morgan fingerprint density at radius 1 is 1.41 bits per heavy atom. The Balaban J connectivity index is 2.13. The van der Waals surface area contributed by atoms with E-state index in [2.05, 4.69) is 9.72 Å². The third-order valence-corrected chi connectivity index (χ3v) is 4.94. The van der Waals surface area contributed by atoms with Gasteiger partial charge in [-0.25, -0.2) is 9.78 Å². The lowest BCUT2D eigenvalue weighted by atomic mass is 9.94. The Hall–Kier alpha value is -0.850. The monoisotopic (exact) mass is 364 g/mol. The summed E-state index contributed by atoms with van der Waals surface area (Å²) >= 11 is 12.9. The van der Waals surface area contributed by atoms with Crippen molar-refractivity contribution < 1.29 is 14.3 Å². The highest BCUT2D eigenvalue weighted by Gasteiger charge is 2.29. The molecular formula is C14H18Cl2N2O3S. The number of hydrogen-bond acceptors (Lipinski definition) is 5. The lowest BCUT2D eigenvalue weighted by Crippen LogP contribution is -2.43. The van der Waals surface area contributed by atoms with E-state index in [0.717, 1.165) is 25.7 Å². The molecule has 0 bridgehead atoms. The Bertz CT molecular complexity index is 530. The maximum absolute atomic E-state index is 12.3. The number of nitrogens with zero attached hydrogens (tertiary/aromatic N) is 2. The fourth-order valence-corrected chi connectivity index (χ4v) is 3.64. The molecule has 1 saturated carbocycles. The van der Waals surface area contributed by atoms with E-state index in [1.54, 1.807) is 10.3 Å². The van der Waals surface area contributed by atoms with Crippen LogP contribution in [-0.4, -0.2) is 39.7 Å². The van der Waals surface area contributed by atoms with E-state index in [-0.39, 0.29) is 17.6 Å². The molecule has 2 rings (SSSR count). The number of carbonyl (C=O) groups is 2. The average molecular weight is 365 g/mol. The van der Waals surface area contributed by atoms with Gasteiger partial charge in [0.25, 0.3) is 5.91 Å². The van der Waals surface area contributed by atoms with Crippen LogP contribution in [0.2, 0.25) is 0 Å². The molecule has 0 atom stereocenters. The van der Waals surface area contributed by atoms with E-state index in [0.29, 0.717) is 11.6 Å². The molecule has 8 heteroatoms. The Kier molecular flexibility index (Phi) is 6.47. The number of ether oxygens (including phenoxy) is 1. The van der Waals surface area contributed by atoms with Gasteiger partial charge in [0.15, 0.2) is 10.5 Å². The number of alkyl halides is 2. The molecule has 1 aliphatic rings. The predicted octanol–water partition coefficient (Wildman–Crippen LogP) is 3.39. The van der Waals surface area contributed by atoms with Crippen LogP contribution in [0.25, 0.3) is 0 Å². The third kappa shape index (κ3) is 4.33. The van der Waals surface area contributed by atoms with Gasteiger partial charge in [-0.2, -0.15) is 0 Å². The van der Waals surface area contributed by atoms with E-state index >= 15 is 0 Å². The molecule has 1 amide bonds. The van der Waals surface area contributed by atoms with Crippen molar-refractivity contribution >= 4 is 46.4 Å². The van der Waals surface area contributed by atoms with Crippen LogP contribution in [0.3, 0.4) is 0 Å². The number of carbonyl (C=O) groups excluding carboxylic acids is 2. The minimum atomic E-state index is -1.08. The van der Waals surface area contributed by atoms with Gasteiger partial charge in [-0.1, -0.05) is 42.5 Å². The van der Waals surface area contributed by atoms with Crippen LogP contribution in [0.5, 0.6) is 0 Å². The molecule has 1 aromatic heterocycles. The highest BCUT2D eigenvalue weighted by Crippen LogP contribution is 2.26. The SMILES string of the molecule is COC(=O)c1csc(CN(C(=O)C(Cl)Cl)C2CCCCC2)n1. The van der Waals surface area contributed by atoms with Gasteiger partial charge in [0, 0.05) is 11.4 Å². The highest BCUT2D eigenvalue weighted by molar-refractivity contribution is 7.09. The first-order chi connectivity index (χ1) is 10.5. The molecule has 1 heterocycles. The van der Waals surface area contributed by atoms with Crippen LogP contribution in [-0.2, 0) is 16.1 Å². The number of amides is 1. The summed E-state index contributed by atoms with van der Waals surface area (Å²) in [7, 11) is 1.31. The van der Waals surface area contributed by atoms with Crippen LogP contribution < -0.4 is 0 Å². The number of aromatic nitrogens is 1. The molecule has 22 heavy (non-hydrogen) atoms. The molecule has 122 valence electrons. The zero-order valence-electron chi connectivity index (χ0n) is 12.3. The minimum Gasteiger partial charge on any atom is -0.464 e. The Morgan fingerprint density at radius 2 is 2.09 bits per heavy atom. The Labute approximate surface area is 143 Å². The first-order valence-corrected chi connectivity index (χ1v) is 8.89. The summed E-state index contributed by atoms with van der Waals surface area (Å²) in [5.41, 5.74) is 0.256. The molecule has 0 aromatic carbocycles. The molecule has 0 radical (unpaired) electrons. The van der Waals surface area contributed by atoms with Gasteiger partial charge in [-0.3, -0.25) is 4.79 Å². The normalized spacial score (nSPS) is 15.8. The number of hydrogen-bond donors (Lipinski definition) is 0. The number of esters is 1. The van der Waals surface area contributed by atoms with Crippen molar-refractivity contribution in [1.29, 1.82) is 0 Å². The van der Waals surface area contributed by atoms with E-state index in [9.17, 15) is 9.59 Å². The summed E-state index contributed by atoms with van der Waals surface area (Å²) in [6, 6.07) is 0.131. The lowest BCUT2D eigenvalue weighted by Gasteiger charge is -2.34. The molecule has 1 aromatic rings. The van der Waals surface area contributed by atoms with E-state index < -0.39 is 10.8 Å². The fourth-order valence-electron chi connectivity index (χ4n) is 2.63. The molecule has 0 N–H and O–H groups in total. The first kappa shape index (κ1) is 17.5. The molecule has 0 unspecified atom stereocenters. The topological polar surface area (TPSA) is 59.5 Å². The highest BCUT2D eigenvalue weighted by atomic mass is 35.5. The summed E-state index contributed by atoms with van der Waals surface area (Å²) in [5.74, 6) is -0.782. The zero-order valence-corrected chi connectivity index (χ0v) is 14.6. The number of halogens is 2. The zero-order chi connectivity index (χ0) is 16.1. The van der Waals surface area contributed by atoms with Crippen LogP contribution in [0.1, 0.15) is 47.6 Å². The predicted molar refractivity (Wildman–Crippen MR) is 86.4 cm³/mol. The fraction of sp³-hybridized carbons (Fsp3) is 0.643. The quantitative estimate of drug-likeness (QED) is 0.593. The lowest BCUT2D eigenvalue weighted by molar-refractivity contribution is -0.133. The van der Waals surface area contributed by atoms with Gasteiger partial charge in [0.2, 0.25) is 0 Å². The van der Waals surface area contributed by atoms with E-state index in [4.69, 9.17) is 23.2 Å². The van der Waals surface area contributed by atoms with Crippen LogP contribution in [0.15, 0.2) is 5.38 Å². The summed E-state index contributed by atoms with van der Waals surface area (Å²) in [6.45, 7) is 0.321. The van der Waals surface area contributed by atoms with Crippen molar-refractivity contribution in [2.75, 3.05) is 7.11 Å². The van der Waals surface area contributed by atoms with Gasteiger partial charge in [-0.15, -0.1) is 11.3 Å². The van der Waals surface area contributed by atoms with Crippen molar-refractivity contribution in [2.45, 2.75) is 49.5 Å². The summed E-state index contributed by atoms with van der Waals surface area (Å²) in [6.07, 6.45) is 5.26. The van der Waals surface area contributed by atoms with Gasteiger partial charge in [0.05, 0.1) is 13.7 Å². The number of methoxy groups -OCH3 is 1. The molecule has 0 aliphatic heterocycles. The van der Waals surface area contributed by atoms with E-state index in [1.807, 2.05) is 0 Å². The maximum atomic E-state index is 12.3. The number of rotatable bonds is 5. The molecule has 0 spiro atoms. The molecule has 5 nitrogen and oxygen atoms in total. The van der Waals surface area contributed by atoms with Crippen molar-refractivity contribution in [3.8, 4) is 0 Å². The van der Waals surface area contributed by atoms with Crippen molar-refractivity contribution in [3.05, 3.63) is 16.1 Å². The van der Waals surface area contributed by atoms with Crippen LogP contribution in [0, 0.1) is 0 Å². The minimum absolute atomic E-state index is 0.131. The summed E-state index contributed by atoms with van der Waals surface area (Å²) in [5, 5.41) is 2.30. The van der Waals surface area contributed by atoms with Gasteiger partial charge >= 0.3 is 5.97 Å². The standard InChI is InChI=1S/C14H18Cl2N2O3S/c1-21-14(20)10-8-22-11(17-10)7-18(13(19)12(15)16)9-5-3-2-4-6-9/h8-9,12H,2-7H2,1H3. The molecule has 1 fully saturated rings. The van der Waals surface area contributed by atoms with Gasteiger partial charge < -0.3 is 9.64 Å². The molecule has 1 aliphatic carbocycles. The largest absolute Gasteiger partial charge is 0.464 e. The average Bonchev–Trinajstić information content (AvgIpc) is 3.00.